The van der Waals surface area contributed by atoms with E-state index >= 15 is 0 Å². The van der Waals surface area contributed by atoms with Gasteiger partial charge in [-0.3, -0.25) is 0 Å². The van der Waals surface area contributed by atoms with E-state index in [2.05, 4.69) is 29.2 Å². The number of halogens is 1. The van der Waals surface area contributed by atoms with Crippen molar-refractivity contribution in [1.82, 2.24) is 15.2 Å². The van der Waals surface area contributed by atoms with Crippen molar-refractivity contribution in [3.8, 4) is 0 Å². The molecular formula is C12H22ClN3S. The van der Waals surface area contributed by atoms with Crippen LogP contribution in [0.3, 0.4) is 0 Å². The molecule has 5 heteroatoms. The molecule has 1 fully saturated rings. The molecule has 1 N–H and O–H groups in total. The molecular weight excluding hydrogens is 254 g/mol. The molecule has 0 atom stereocenters. The van der Waals surface area contributed by atoms with Crippen molar-refractivity contribution in [2.75, 3.05) is 26.7 Å². The average Bonchev–Trinajstić information content (AvgIpc) is 2.66. The van der Waals surface area contributed by atoms with Gasteiger partial charge in [-0.2, -0.15) is 0 Å². The summed E-state index contributed by atoms with van der Waals surface area (Å²) in [4.78, 5) is 8.15. The van der Waals surface area contributed by atoms with Gasteiger partial charge >= 0.3 is 0 Å². The highest BCUT2D eigenvalue weighted by molar-refractivity contribution is 7.09. The lowest BCUT2D eigenvalue weighted by molar-refractivity contribution is 0.235. The largest absolute Gasteiger partial charge is 0.317 e. The molecule has 1 aliphatic rings. The van der Waals surface area contributed by atoms with Crippen LogP contribution in [-0.2, 0) is 6.54 Å². The fourth-order valence-corrected chi connectivity index (χ4v) is 3.15. The molecule has 3 nitrogen and oxygen atoms in total. The molecule has 0 amide bonds. The van der Waals surface area contributed by atoms with Crippen LogP contribution in [0.25, 0.3) is 0 Å². The topological polar surface area (TPSA) is 28.2 Å². The minimum Gasteiger partial charge on any atom is -0.317 e. The highest BCUT2D eigenvalue weighted by Gasteiger charge is 2.15. The zero-order valence-corrected chi connectivity index (χ0v) is 12.2. The molecule has 2 rings (SSSR count). The van der Waals surface area contributed by atoms with E-state index in [1.54, 1.807) is 11.3 Å². The Morgan fingerprint density at radius 1 is 1.47 bits per heavy atom. The Hall–Kier alpha value is -0.160. The molecule has 0 aromatic carbocycles. The third-order valence-corrected chi connectivity index (χ3v) is 4.21. The summed E-state index contributed by atoms with van der Waals surface area (Å²) >= 11 is 1.77. The van der Waals surface area contributed by atoms with E-state index < -0.39 is 0 Å². The van der Waals surface area contributed by atoms with Crippen LogP contribution >= 0.6 is 23.7 Å². The van der Waals surface area contributed by atoms with E-state index in [-0.39, 0.29) is 12.4 Å². The second-order valence-electron chi connectivity index (χ2n) is 4.75. The van der Waals surface area contributed by atoms with Crippen molar-refractivity contribution in [3.63, 3.8) is 0 Å². The van der Waals surface area contributed by atoms with Gasteiger partial charge in [0, 0.05) is 18.0 Å². The minimum atomic E-state index is 0. The Kier molecular flexibility index (Phi) is 6.41. The van der Waals surface area contributed by atoms with Crippen molar-refractivity contribution in [3.05, 3.63) is 16.1 Å². The quantitative estimate of drug-likeness (QED) is 0.914. The molecule has 0 spiro atoms. The van der Waals surface area contributed by atoms with Crippen molar-refractivity contribution in [2.45, 2.75) is 26.3 Å². The van der Waals surface area contributed by atoms with Gasteiger partial charge < -0.3 is 10.2 Å². The van der Waals surface area contributed by atoms with E-state index in [0.717, 1.165) is 12.5 Å². The fourth-order valence-electron chi connectivity index (χ4n) is 2.29. The lowest BCUT2D eigenvalue weighted by Crippen LogP contribution is -2.34. The summed E-state index contributed by atoms with van der Waals surface area (Å²) in [6.07, 6.45) is 2.65. The number of piperidine rings is 1. The second kappa shape index (κ2) is 7.31. The van der Waals surface area contributed by atoms with Crippen molar-refractivity contribution in [1.29, 1.82) is 0 Å². The Bertz CT molecular complexity index is 323. The van der Waals surface area contributed by atoms with Gasteiger partial charge in [0.2, 0.25) is 0 Å². The molecule has 2 heterocycles. The molecule has 0 radical (unpaired) electrons. The number of aryl methyl sites for hydroxylation is 1. The first kappa shape index (κ1) is 14.9. The molecule has 0 saturated carbocycles. The molecule has 0 bridgehead atoms. The first-order valence-electron chi connectivity index (χ1n) is 6.04. The molecule has 98 valence electrons. The van der Waals surface area contributed by atoms with Crippen molar-refractivity contribution >= 4 is 23.7 Å². The van der Waals surface area contributed by atoms with Crippen LogP contribution in [0.2, 0.25) is 0 Å². The Balaban J connectivity index is 0.00000144. The third-order valence-electron chi connectivity index (χ3n) is 3.29. The Morgan fingerprint density at radius 3 is 2.76 bits per heavy atom. The number of aromatic nitrogens is 1. The van der Waals surface area contributed by atoms with E-state index in [4.69, 9.17) is 0 Å². The average molecular weight is 276 g/mol. The maximum atomic E-state index is 4.30. The minimum absolute atomic E-state index is 0. The Labute approximate surface area is 114 Å². The summed E-state index contributed by atoms with van der Waals surface area (Å²) in [7, 11) is 2.22. The maximum absolute atomic E-state index is 4.30. The third kappa shape index (κ3) is 4.54. The number of rotatable bonds is 4. The SMILES string of the molecule is Cc1ncsc1CN(C)CC1CCNCC1.Cl. The predicted octanol–water partition coefficient (Wildman–Crippen LogP) is 2.30. The van der Waals surface area contributed by atoms with E-state index in [1.165, 1.54) is 43.0 Å². The van der Waals surface area contributed by atoms with Gasteiger partial charge in [0.15, 0.2) is 0 Å². The van der Waals surface area contributed by atoms with Gasteiger partial charge in [-0.25, -0.2) is 4.98 Å². The standard InChI is InChI=1S/C12H21N3S.ClH/c1-10-12(16-9-14-10)8-15(2)7-11-3-5-13-6-4-11;/h9,11,13H,3-8H2,1-2H3;1H. The number of thiazole rings is 1. The van der Waals surface area contributed by atoms with Crippen LogP contribution in [0.1, 0.15) is 23.4 Å². The van der Waals surface area contributed by atoms with Crippen molar-refractivity contribution in [2.24, 2.45) is 5.92 Å². The van der Waals surface area contributed by atoms with Gasteiger partial charge in [-0.05, 0) is 45.8 Å². The highest BCUT2D eigenvalue weighted by atomic mass is 35.5. The number of nitrogens with one attached hydrogen (secondary N) is 1. The lowest BCUT2D eigenvalue weighted by Gasteiger charge is -2.27. The molecule has 1 saturated heterocycles. The highest BCUT2D eigenvalue weighted by Crippen LogP contribution is 2.17. The van der Waals surface area contributed by atoms with Crippen LogP contribution < -0.4 is 5.32 Å². The van der Waals surface area contributed by atoms with Gasteiger partial charge in [0.25, 0.3) is 0 Å². The van der Waals surface area contributed by atoms with Crippen LogP contribution in [0.15, 0.2) is 5.51 Å². The molecule has 1 aromatic heterocycles. The molecule has 0 unspecified atom stereocenters. The normalized spacial score (nSPS) is 17.1. The van der Waals surface area contributed by atoms with Crippen LogP contribution in [0.4, 0.5) is 0 Å². The molecule has 1 aromatic rings. The van der Waals surface area contributed by atoms with Crippen LogP contribution in [0.5, 0.6) is 0 Å². The van der Waals surface area contributed by atoms with Gasteiger partial charge in [0.05, 0.1) is 11.2 Å². The first-order valence-corrected chi connectivity index (χ1v) is 6.92. The summed E-state index contributed by atoms with van der Waals surface area (Å²) in [6.45, 7) is 6.76. The molecule has 17 heavy (non-hydrogen) atoms. The number of hydrogen-bond donors (Lipinski definition) is 1. The molecule has 0 aliphatic carbocycles. The fraction of sp³-hybridized carbons (Fsp3) is 0.750. The zero-order valence-electron chi connectivity index (χ0n) is 10.6. The smallest absolute Gasteiger partial charge is 0.0798 e. The van der Waals surface area contributed by atoms with Gasteiger partial charge in [0.1, 0.15) is 0 Å². The van der Waals surface area contributed by atoms with E-state index in [1.807, 2.05) is 5.51 Å². The van der Waals surface area contributed by atoms with Crippen LogP contribution in [-0.4, -0.2) is 36.6 Å². The Morgan fingerprint density at radius 2 is 2.18 bits per heavy atom. The first-order chi connectivity index (χ1) is 7.75. The predicted molar refractivity (Wildman–Crippen MR) is 76.0 cm³/mol. The second-order valence-corrected chi connectivity index (χ2v) is 5.69. The lowest BCUT2D eigenvalue weighted by atomic mass is 9.98. The summed E-state index contributed by atoms with van der Waals surface area (Å²) in [6, 6.07) is 0. The van der Waals surface area contributed by atoms with Crippen molar-refractivity contribution < 1.29 is 0 Å². The van der Waals surface area contributed by atoms with Gasteiger partial charge in [-0.15, -0.1) is 23.7 Å². The summed E-state index contributed by atoms with van der Waals surface area (Å²) in [5, 5.41) is 3.42. The monoisotopic (exact) mass is 275 g/mol. The van der Waals surface area contributed by atoms with Crippen LogP contribution in [0, 0.1) is 12.8 Å². The molecule has 1 aliphatic heterocycles. The van der Waals surface area contributed by atoms with Gasteiger partial charge in [-0.1, -0.05) is 0 Å². The summed E-state index contributed by atoms with van der Waals surface area (Å²) < 4.78 is 0. The summed E-state index contributed by atoms with van der Waals surface area (Å²) in [5.41, 5.74) is 3.14. The van der Waals surface area contributed by atoms with E-state index in [9.17, 15) is 0 Å². The van der Waals surface area contributed by atoms with E-state index in [0.29, 0.717) is 0 Å². The summed E-state index contributed by atoms with van der Waals surface area (Å²) in [5.74, 6) is 0.875. The zero-order chi connectivity index (χ0) is 11.4. The maximum Gasteiger partial charge on any atom is 0.0798 e. The number of hydrogen-bond acceptors (Lipinski definition) is 4. The number of nitrogens with zero attached hydrogens (tertiary/aromatic N) is 2.